The van der Waals surface area contributed by atoms with Crippen molar-refractivity contribution in [3.8, 4) is 5.82 Å². The highest BCUT2D eigenvalue weighted by Crippen LogP contribution is 2.10. The van der Waals surface area contributed by atoms with Crippen molar-refractivity contribution in [1.29, 1.82) is 0 Å². The number of hydrogen-bond acceptors (Lipinski definition) is 4. The molecule has 1 fully saturated rings. The number of hydrogen-bond donors (Lipinski definition) is 1. The number of pyridine rings is 1. The van der Waals surface area contributed by atoms with Crippen LogP contribution in [0.5, 0.6) is 0 Å². The van der Waals surface area contributed by atoms with E-state index in [2.05, 4.69) is 15.3 Å². The summed E-state index contributed by atoms with van der Waals surface area (Å²) in [7, 11) is 0. The summed E-state index contributed by atoms with van der Waals surface area (Å²) in [4.78, 5) is 22.6. The van der Waals surface area contributed by atoms with E-state index in [1.54, 1.807) is 12.4 Å². The van der Waals surface area contributed by atoms with Gasteiger partial charge in [-0.05, 0) is 31.5 Å². The van der Waals surface area contributed by atoms with Crippen molar-refractivity contribution < 1.29 is 9.53 Å². The zero-order valence-corrected chi connectivity index (χ0v) is 13.4. The van der Waals surface area contributed by atoms with Crippen molar-refractivity contribution >= 4 is 6.03 Å². The third-order valence-corrected chi connectivity index (χ3v) is 3.95. The molecule has 3 rings (SSSR count). The normalized spacial score (nSPS) is 18.0. The summed E-state index contributed by atoms with van der Waals surface area (Å²) in [5.41, 5.74) is 0.998. The summed E-state index contributed by atoms with van der Waals surface area (Å²) in [6.07, 6.45) is 5.36. The van der Waals surface area contributed by atoms with Crippen LogP contribution in [-0.4, -0.2) is 51.3 Å². The second-order valence-corrected chi connectivity index (χ2v) is 5.64. The summed E-state index contributed by atoms with van der Waals surface area (Å²) in [6.45, 7) is 6.19. The number of carbonyl (C=O) groups excluding carboxylic acids is 1. The van der Waals surface area contributed by atoms with Gasteiger partial charge in [-0.3, -0.25) is 4.57 Å². The Morgan fingerprint density at radius 1 is 1.43 bits per heavy atom. The van der Waals surface area contributed by atoms with Gasteiger partial charge in [0.1, 0.15) is 11.6 Å². The molecule has 0 bridgehead atoms. The fourth-order valence-corrected chi connectivity index (χ4v) is 2.63. The number of aryl methyl sites for hydroxylation is 1. The highest BCUT2D eigenvalue weighted by molar-refractivity contribution is 5.74. The van der Waals surface area contributed by atoms with E-state index in [1.165, 1.54) is 0 Å². The molecule has 2 aromatic rings. The van der Waals surface area contributed by atoms with Crippen LogP contribution in [0, 0.1) is 6.92 Å². The molecule has 7 heteroatoms. The highest BCUT2D eigenvalue weighted by atomic mass is 16.5. The molecule has 0 unspecified atom stereocenters. The fraction of sp³-hybridized carbons (Fsp3) is 0.438. The molecular formula is C16H21N5O2. The molecule has 0 radical (unpaired) electrons. The van der Waals surface area contributed by atoms with Crippen LogP contribution >= 0.6 is 0 Å². The second-order valence-electron chi connectivity index (χ2n) is 5.64. The van der Waals surface area contributed by atoms with Gasteiger partial charge in [0.2, 0.25) is 0 Å². The van der Waals surface area contributed by atoms with E-state index in [4.69, 9.17) is 4.74 Å². The number of amides is 2. The Balaban J connectivity index is 1.64. The first-order valence-electron chi connectivity index (χ1n) is 7.72. The van der Waals surface area contributed by atoms with Crippen molar-refractivity contribution in [1.82, 2.24) is 24.8 Å². The van der Waals surface area contributed by atoms with Gasteiger partial charge in [-0.15, -0.1) is 0 Å². The predicted octanol–water partition coefficient (Wildman–Crippen LogP) is 1.51. The molecule has 0 aromatic carbocycles. The molecule has 1 saturated heterocycles. The van der Waals surface area contributed by atoms with Crippen LogP contribution in [0.3, 0.4) is 0 Å². The van der Waals surface area contributed by atoms with Crippen molar-refractivity contribution in [2.75, 3.05) is 19.8 Å². The van der Waals surface area contributed by atoms with Crippen LogP contribution in [-0.2, 0) is 11.3 Å². The first-order chi connectivity index (χ1) is 11.1. The zero-order chi connectivity index (χ0) is 16.2. The topological polar surface area (TPSA) is 72.3 Å². The Labute approximate surface area is 135 Å². The molecular weight excluding hydrogens is 294 g/mol. The van der Waals surface area contributed by atoms with E-state index in [0.29, 0.717) is 26.3 Å². The number of nitrogens with zero attached hydrogens (tertiary/aromatic N) is 4. The van der Waals surface area contributed by atoms with E-state index in [-0.39, 0.29) is 12.1 Å². The zero-order valence-electron chi connectivity index (χ0n) is 13.4. The Hall–Kier alpha value is -2.41. The molecule has 0 aliphatic carbocycles. The first-order valence-corrected chi connectivity index (χ1v) is 7.72. The van der Waals surface area contributed by atoms with Gasteiger partial charge < -0.3 is 15.0 Å². The molecule has 1 aliphatic rings. The van der Waals surface area contributed by atoms with E-state index >= 15 is 0 Å². The van der Waals surface area contributed by atoms with E-state index < -0.39 is 0 Å². The maximum absolute atomic E-state index is 12.3. The third-order valence-electron chi connectivity index (χ3n) is 3.95. The van der Waals surface area contributed by atoms with Gasteiger partial charge in [0.05, 0.1) is 19.3 Å². The molecule has 3 heterocycles. The van der Waals surface area contributed by atoms with E-state index in [9.17, 15) is 4.79 Å². The van der Waals surface area contributed by atoms with Crippen molar-refractivity contribution in [2.45, 2.75) is 26.4 Å². The van der Waals surface area contributed by atoms with Crippen molar-refractivity contribution in [2.24, 2.45) is 0 Å². The third kappa shape index (κ3) is 3.50. The number of morpholine rings is 1. The molecule has 0 saturated carbocycles. The van der Waals surface area contributed by atoms with Crippen molar-refractivity contribution in [3.05, 3.63) is 42.1 Å². The van der Waals surface area contributed by atoms with Crippen LogP contribution in [0.4, 0.5) is 4.79 Å². The Kier molecular flexibility index (Phi) is 4.57. The Morgan fingerprint density at radius 2 is 2.30 bits per heavy atom. The number of nitrogens with one attached hydrogen (secondary N) is 1. The van der Waals surface area contributed by atoms with Crippen LogP contribution in [0.15, 0.2) is 30.7 Å². The summed E-state index contributed by atoms with van der Waals surface area (Å²) in [6, 6.07) is 3.90. The molecule has 0 spiro atoms. The maximum Gasteiger partial charge on any atom is 0.318 e. The molecule has 7 nitrogen and oxygen atoms in total. The minimum atomic E-state index is -0.0574. The Morgan fingerprint density at radius 3 is 3.04 bits per heavy atom. The van der Waals surface area contributed by atoms with Gasteiger partial charge in [-0.1, -0.05) is 0 Å². The number of ether oxygens (including phenoxy) is 1. The van der Waals surface area contributed by atoms with E-state index in [1.807, 2.05) is 41.6 Å². The summed E-state index contributed by atoms with van der Waals surface area (Å²) in [5.74, 6) is 1.67. The SMILES string of the molecule is Cc1nccn1-c1cc(CNC(=O)N2CCOC[C@@H]2C)ccn1. The quantitative estimate of drug-likeness (QED) is 0.932. The van der Waals surface area contributed by atoms with Crippen LogP contribution in [0.1, 0.15) is 18.3 Å². The number of carbonyl (C=O) groups is 1. The number of rotatable bonds is 3. The van der Waals surface area contributed by atoms with Gasteiger partial charge in [0.15, 0.2) is 0 Å². The predicted molar refractivity (Wildman–Crippen MR) is 85.3 cm³/mol. The number of aromatic nitrogens is 3. The van der Waals surface area contributed by atoms with Crippen LogP contribution < -0.4 is 5.32 Å². The average molecular weight is 315 g/mol. The molecule has 1 aliphatic heterocycles. The summed E-state index contributed by atoms with van der Waals surface area (Å²) < 4.78 is 7.27. The minimum Gasteiger partial charge on any atom is -0.377 e. The maximum atomic E-state index is 12.3. The van der Waals surface area contributed by atoms with Gasteiger partial charge in [0.25, 0.3) is 0 Å². The lowest BCUT2D eigenvalue weighted by molar-refractivity contribution is 0.0190. The van der Waals surface area contributed by atoms with Crippen molar-refractivity contribution in [3.63, 3.8) is 0 Å². The van der Waals surface area contributed by atoms with Crippen LogP contribution in [0.25, 0.3) is 5.82 Å². The largest absolute Gasteiger partial charge is 0.377 e. The van der Waals surface area contributed by atoms with E-state index in [0.717, 1.165) is 17.2 Å². The molecule has 122 valence electrons. The molecule has 2 amide bonds. The monoisotopic (exact) mass is 315 g/mol. The summed E-state index contributed by atoms with van der Waals surface area (Å²) >= 11 is 0. The van der Waals surface area contributed by atoms with Crippen LogP contribution in [0.2, 0.25) is 0 Å². The second kappa shape index (κ2) is 6.78. The molecule has 2 aromatic heterocycles. The smallest absolute Gasteiger partial charge is 0.318 e. The lowest BCUT2D eigenvalue weighted by atomic mass is 10.2. The standard InChI is InChI=1S/C16H21N5O2/c1-12-11-23-8-7-20(12)16(22)19-10-14-3-4-18-15(9-14)21-6-5-17-13(21)2/h3-6,9,12H,7-8,10-11H2,1-2H3,(H,19,22)/t12-/m0/s1. The average Bonchev–Trinajstić information content (AvgIpc) is 2.99. The fourth-order valence-electron chi connectivity index (χ4n) is 2.63. The minimum absolute atomic E-state index is 0.0574. The van der Waals surface area contributed by atoms with Gasteiger partial charge in [0, 0.05) is 31.7 Å². The summed E-state index contributed by atoms with van der Waals surface area (Å²) in [5, 5.41) is 2.96. The molecule has 23 heavy (non-hydrogen) atoms. The first kappa shape index (κ1) is 15.5. The molecule has 1 N–H and O–H groups in total. The Bertz CT molecular complexity index is 685. The molecule has 1 atom stereocenters. The lowest BCUT2D eigenvalue weighted by Gasteiger charge is -2.33. The number of urea groups is 1. The van der Waals surface area contributed by atoms with Gasteiger partial charge in [-0.25, -0.2) is 14.8 Å². The highest BCUT2D eigenvalue weighted by Gasteiger charge is 2.23. The number of imidazole rings is 1. The van der Waals surface area contributed by atoms with Gasteiger partial charge >= 0.3 is 6.03 Å². The lowest BCUT2D eigenvalue weighted by Crippen LogP contribution is -2.51. The van der Waals surface area contributed by atoms with Gasteiger partial charge in [-0.2, -0.15) is 0 Å².